The maximum absolute atomic E-state index is 13.5. The van der Waals surface area contributed by atoms with Gasteiger partial charge in [0.1, 0.15) is 22.8 Å². The second-order valence-corrected chi connectivity index (χ2v) is 8.94. The molecule has 0 spiro atoms. The molecule has 4 aromatic rings. The van der Waals surface area contributed by atoms with Crippen LogP contribution >= 0.6 is 11.3 Å². The van der Waals surface area contributed by atoms with Gasteiger partial charge in [-0.3, -0.25) is 9.69 Å². The number of hydrogen-bond donors (Lipinski definition) is 0. The van der Waals surface area contributed by atoms with E-state index < -0.39 is 0 Å². The lowest BCUT2D eigenvalue weighted by atomic mass is 10.2. The molecule has 4 rings (SSSR count). The van der Waals surface area contributed by atoms with E-state index in [0.717, 1.165) is 21.5 Å². The molecule has 0 aliphatic heterocycles. The first kappa shape index (κ1) is 22.8. The Morgan fingerprint density at radius 1 is 0.939 bits per heavy atom. The number of ether oxygens (including phenoxy) is 2. The van der Waals surface area contributed by atoms with Crippen molar-refractivity contribution in [2.75, 3.05) is 39.2 Å². The Morgan fingerprint density at radius 2 is 1.64 bits per heavy atom. The number of rotatable bonds is 8. The van der Waals surface area contributed by atoms with Crippen molar-refractivity contribution in [3.05, 3.63) is 77.9 Å². The van der Waals surface area contributed by atoms with Gasteiger partial charge in [-0.15, -0.1) is 0 Å². The average molecular weight is 462 g/mol. The van der Waals surface area contributed by atoms with E-state index >= 15 is 0 Å². The molecular formula is C26H27N3O3S. The lowest BCUT2D eigenvalue weighted by Gasteiger charge is -2.22. The third-order valence-corrected chi connectivity index (χ3v) is 6.45. The van der Waals surface area contributed by atoms with Gasteiger partial charge in [-0.05, 0) is 69.0 Å². The molecule has 0 aliphatic rings. The van der Waals surface area contributed by atoms with Gasteiger partial charge in [0.05, 0.1) is 11.8 Å². The fourth-order valence-electron chi connectivity index (χ4n) is 3.41. The number of para-hydroxylation sites is 1. The molecule has 0 unspecified atom stereocenters. The van der Waals surface area contributed by atoms with Crippen molar-refractivity contribution in [2.45, 2.75) is 6.92 Å². The highest BCUT2D eigenvalue weighted by Crippen LogP contribution is 2.37. The fraction of sp³-hybridized carbons (Fsp3) is 0.231. The Kier molecular flexibility index (Phi) is 6.91. The van der Waals surface area contributed by atoms with Crippen LogP contribution in [0.1, 0.15) is 15.9 Å². The van der Waals surface area contributed by atoms with Crippen molar-refractivity contribution >= 4 is 32.6 Å². The number of carbonyl (C=O) groups excluding carboxylic acids is 1. The van der Waals surface area contributed by atoms with E-state index in [4.69, 9.17) is 14.5 Å². The SMILES string of the molecule is COc1ccc(C)c2sc(N(CCN(C)C)C(=O)c3ccc(Oc4ccccc4)cc3)nc12. The van der Waals surface area contributed by atoms with Crippen molar-refractivity contribution < 1.29 is 14.3 Å². The molecular weight excluding hydrogens is 434 g/mol. The Morgan fingerprint density at radius 3 is 2.30 bits per heavy atom. The Hall–Kier alpha value is -3.42. The van der Waals surface area contributed by atoms with Gasteiger partial charge in [0, 0.05) is 18.7 Å². The average Bonchev–Trinajstić information content (AvgIpc) is 3.26. The first-order chi connectivity index (χ1) is 16.0. The van der Waals surface area contributed by atoms with E-state index in [0.29, 0.717) is 35.3 Å². The number of nitrogens with zero attached hydrogens (tertiary/aromatic N) is 3. The number of likely N-dealkylation sites (N-methyl/N-ethyl adjacent to an activating group) is 1. The van der Waals surface area contributed by atoms with Crippen molar-refractivity contribution in [1.82, 2.24) is 9.88 Å². The van der Waals surface area contributed by atoms with Gasteiger partial charge in [-0.2, -0.15) is 0 Å². The highest BCUT2D eigenvalue weighted by Gasteiger charge is 2.23. The van der Waals surface area contributed by atoms with Gasteiger partial charge in [-0.1, -0.05) is 35.6 Å². The molecule has 1 heterocycles. The van der Waals surface area contributed by atoms with Crippen molar-refractivity contribution in [2.24, 2.45) is 0 Å². The molecule has 6 nitrogen and oxygen atoms in total. The van der Waals surface area contributed by atoms with E-state index in [1.165, 1.54) is 11.3 Å². The molecule has 0 saturated heterocycles. The highest BCUT2D eigenvalue weighted by atomic mass is 32.1. The number of aryl methyl sites for hydroxylation is 1. The zero-order valence-corrected chi connectivity index (χ0v) is 20.1. The van der Waals surface area contributed by atoms with Gasteiger partial charge in [-0.25, -0.2) is 4.98 Å². The molecule has 0 saturated carbocycles. The largest absolute Gasteiger partial charge is 0.494 e. The summed E-state index contributed by atoms with van der Waals surface area (Å²) in [6.07, 6.45) is 0. The first-order valence-electron chi connectivity index (χ1n) is 10.7. The summed E-state index contributed by atoms with van der Waals surface area (Å²) in [6, 6.07) is 20.7. The number of amides is 1. The minimum Gasteiger partial charge on any atom is -0.494 e. The van der Waals surface area contributed by atoms with E-state index in [-0.39, 0.29) is 5.91 Å². The van der Waals surface area contributed by atoms with Crippen LogP contribution in [-0.4, -0.2) is 50.1 Å². The number of carbonyl (C=O) groups is 1. The van der Waals surface area contributed by atoms with Gasteiger partial charge < -0.3 is 14.4 Å². The third-order valence-electron chi connectivity index (χ3n) is 5.24. The normalized spacial score (nSPS) is 11.1. The summed E-state index contributed by atoms with van der Waals surface area (Å²) in [7, 11) is 5.62. The monoisotopic (exact) mass is 461 g/mol. The van der Waals surface area contributed by atoms with Crippen LogP contribution in [0.5, 0.6) is 17.2 Å². The molecule has 3 aromatic carbocycles. The molecule has 0 N–H and O–H groups in total. The molecule has 0 fully saturated rings. The summed E-state index contributed by atoms with van der Waals surface area (Å²) in [6.45, 7) is 3.28. The lowest BCUT2D eigenvalue weighted by Crippen LogP contribution is -2.36. The van der Waals surface area contributed by atoms with Crippen LogP contribution in [0.25, 0.3) is 10.2 Å². The summed E-state index contributed by atoms with van der Waals surface area (Å²) < 4.78 is 12.4. The molecule has 1 aromatic heterocycles. The summed E-state index contributed by atoms with van der Waals surface area (Å²) in [5.41, 5.74) is 2.47. The van der Waals surface area contributed by atoms with Crippen LogP contribution in [-0.2, 0) is 0 Å². The predicted molar refractivity (Wildman–Crippen MR) is 134 cm³/mol. The number of aromatic nitrogens is 1. The number of thiazole rings is 1. The molecule has 0 atom stereocenters. The lowest BCUT2D eigenvalue weighted by molar-refractivity contribution is 0.0985. The molecule has 7 heteroatoms. The predicted octanol–water partition coefficient (Wildman–Crippen LogP) is 5.61. The number of hydrogen-bond acceptors (Lipinski definition) is 6. The van der Waals surface area contributed by atoms with E-state index in [1.54, 1.807) is 24.1 Å². The topological polar surface area (TPSA) is 54.9 Å². The van der Waals surface area contributed by atoms with Crippen molar-refractivity contribution in [3.8, 4) is 17.2 Å². The van der Waals surface area contributed by atoms with Gasteiger partial charge in [0.2, 0.25) is 0 Å². The molecule has 170 valence electrons. The summed E-state index contributed by atoms with van der Waals surface area (Å²) in [4.78, 5) is 22.1. The van der Waals surface area contributed by atoms with Gasteiger partial charge in [0.15, 0.2) is 5.13 Å². The van der Waals surface area contributed by atoms with Crippen LogP contribution in [0, 0.1) is 6.92 Å². The quantitative estimate of drug-likeness (QED) is 0.341. The highest BCUT2D eigenvalue weighted by molar-refractivity contribution is 7.22. The van der Waals surface area contributed by atoms with Crippen LogP contribution in [0.3, 0.4) is 0 Å². The minimum absolute atomic E-state index is 0.0983. The zero-order chi connectivity index (χ0) is 23.4. The van der Waals surface area contributed by atoms with E-state index in [9.17, 15) is 4.79 Å². The van der Waals surface area contributed by atoms with Crippen LogP contribution in [0.2, 0.25) is 0 Å². The molecule has 0 radical (unpaired) electrons. The number of benzene rings is 3. The van der Waals surface area contributed by atoms with E-state index in [2.05, 4.69) is 4.90 Å². The molecule has 1 amide bonds. The number of fused-ring (bicyclic) bond motifs is 1. The third kappa shape index (κ3) is 5.16. The Labute approximate surface area is 198 Å². The molecule has 0 bridgehead atoms. The fourth-order valence-corrected chi connectivity index (χ4v) is 4.48. The number of anilines is 1. The maximum atomic E-state index is 13.5. The second kappa shape index (κ2) is 10.0. The second-order valence-electron chi connectivity index (χ2n) is 7.96. The van der Waals surface area contributed by atoms with Crippen LogP contribution < -0.4 is 14.4 Å². The summed E-state index contributed by atoms with van der Waals surface area (Å²) in [5, 5.41) is 0.661. The number of methoxy groups -OCH3 is 1. The van der Waals surface area contributed by atoms with Gasteiger partial charge >= 0.3 is 0 Å². The standard InChI is InChI=1S/C26H27N3O3S/c1-18-10-15-22(31-4)23-24(18)33-26(27-23)29(17-16-28(2)3)25(30)19-11-13-21(14-12-19)32-20-8-6-5-7-9-20/h5-15H,16-17H2,1-4H3. The molecule has 0 aliphatic carbocycles. The summed E-state index contributed by atoms with van der Waals surface area (Å²) >= 11 is 1.51. The smallest absolute Gasteiger partial charge is 0.260 e. The van der Waals surface area contributed by atoms with Crippen LogP contribution in [0.15, 0.2) is 66.7 Å². The van der Waals surface area contributed by atoms with Crippen LogP contribution in [0.4, 0.5) is 5.13 Å². The molecule has 33 heavy (non-hydrogen) atoms. The maximum Gasteiger partial charge on any atom is 0.260 e. The van der Waals surface area contributed by atoms with Gasteiger partial charge in [0.25, 0.3) is 5.91 Å². The van der Waals surface area contributed by atoms with E-state index in [1.807, 2.05) is 75.6 Å². The van der Waals surface area contributed by atoms with Crippen molar-refractivity contribution in [3.63, 3.8) is 0 Å². The zero-order valence-electron chi connectivity index (χ0n) is 19.2. The first-order valence-corrected chi connectivity index (χ1v) is 11.5. The minimum atomic E-state index is -0.0983. The Bertz CT molecular complexity index is 1240. The Balaban J connectivity index is 1.63. The summed E-state index contributed by atoms with van der Waals surface area (Å²) in [5.74, 6) is 2.04. The van der Waals surface area contributed by atoms with Crippen molar-refractivity contribution in [1.29, 1.82) is 0 Å².